The maximum Gasteiger partial charge on any atom is 0.255 e. The van der Waals surface area contributed by atoms with E-state index in [2.05, 4.69) is 20.8 Å². The molecule has 0 unspecified atom stereocenters. The Morgan fingerprint density at radius 1 is 0.974 bits per heavy atom. The minimum atomic E-state index is -0.422. The van der Waals surface area contributed by atoms with Crippen LogP contribution in [0.3, 0.4) is 0 Å². The quantitative estimate of drug-likeness (QED) is 0.272. The summed E-state index contributed by atoms with van der Waals surface area (Å²) in [5, 5.41) is 15.1. The number of para-hydroxylation sites is 1. The van der Waals surface area contributed by atoms with Crippen LogP contribution >= 0.6 is 0 Å². The number of furan rings is 1. The Morgan fingerprint density at radius 2 is 1.71 bits per heavy atom. The van der Waals surface area contributed by atoms with Gasteiger partial charge in [-0.05, 0) is 66.7 Å². The normalized spacial score (nSPS) is 11.1. The van der Waals surface area contributed by atoms with Crippen molar-refractivity contribution in [1.29, 1.82) is 0 Å². The average Bonchev–Trinajstić information content (AvgIpc) is 3.57. The standard InChI is InChI=1S/C28H25N5O5/c1-17(2)33-24(30-31-32-33)16-37-21-11-7-9-19(15-21)28(35)29-25-22-12-4-5-13-23(22)38-27(25)26(34)18-8-6-10-20(14-18)36-3/h4-15,17H,16H2,1-3H3,(H,29,35). The summed E-state index contributed by atoms with van der Waals surface area (Å²) in [6, 6.07) is 20.7. The second-order valence-corrected chi connectivity index (χ2v) is 8.77. The van der Waals surface area contributed by atoms with E-state index in [0.717, 1.165) is 0 Å². The zero-order valence-corrected chi connectivity index (χ0v) is 21.0. The summed E-state index contributed by atoms with van der Waals surface area (Å²) in [5.74, 6) is 0.808. The van der Waals surface area contributed by atoms with Gasteiger partial charge >= 0.3 is 0 Å². The van der Waals surface area contributed by atoms with Crippen LogP contribution in [0.5, 0.6) is 11.5 Å². The third-order valence-electron chi connectivity index (χ3n) is 5.89. The lowest BCUT2D eigenvalue weighted by Crippen LogP contribution is -2.15. The highest BCUT2D eigenvalue weighted by Crippen LogP contribution is 2.33. The molecule has 0 atom stereocenters. The Kier molecular flexibility index (Phi) is 6.86. The fourth-order valence-corrected chi connectivity index (χ4v) is 3.99. The van der Waals surface area contributed by atoms with Crippen molar-refractivity contribution in [3.63, 3.8) is 0 Å². The molecule has 0 aliphatic carbocycles. The van der Waals surface area contributed by atoms with Crippen LogP contribution in [0, 0.1) is 0 Å². The maximum atomic E-state index is 13.4. The van der Waals surface area contributed by atoms with Crippen LogP contribution in [-0.4, -0.2) is 39.0 Å². The first-order valence-electron chi connectivity index (χ1n) is 12.0. The molecule has 38 heavy (non-hydrogen) atoms. The van der Waals surface area contributed by atoms with E-state index in [-0.39, 0.29) is 24.2 Å². The first-order chi connectivity index (χ1) is 18.4. The molecule has 5 rings (SSSR count). The number of carbonyl (C=O) groups is 2. The number of fused-ring (bicyclic) bond motifs is 1. The van der Waals surface area contributed by atoms with Crippen LogP contribution in [0.1, 0.15) is 52.2 Å². The number of rotatable bonds is 9. The minimum Gasteiger partial charge on any atom is -0.497 e. The summed E-state index contributed by atoms with van der Waals surface area (Å²) in [4.78, 5) is 26.7. The fraction of sp³-hybridized carbons (Fsp3) is 0.179. The molecule has 1 amide bonds. The molecule has 0 radical (unpaired) electrons. The van der Waals surface area contributed by atoms with E-state index in [1.807, 2.05) is 19.9 Å². The van der Waals surface area contributed by atoms with Gasteiger partial charge < -0.3 is 19.2 Å². The molecule has 2 heterocycles. The monoisotopic (exact) mass is 511 g/mol. The van der Waals surface area contributed by atoms with Crippen LogP contribution < -0.4 is 14.8 Å². The zero-order valence-electron chi connectivity index (χ0n) is 21.0. The Balaban J connectivity index is 1.41. The van der Waals surface area contributed by atoms with Crippen molar-refractivity contribution < 1.29 is 23.5 Å². The molecule has 0 fully saturated rings. The number of hydrogen-bond acceptors (Lipinski definition) is 8. The van der Waals surface area contributed by atoms with Crippen molar-refractivity contribution in [2.75, 3.05) is 12.4 Å². The van der Waals surface area contributed by atoms with Gasteiger partial charge in [0, 0.05) is 16.5 Å². The van der Waals surface area contributed by atoms with Crippen molar-refractivity contribution in [1.82, 2.24) is 20.2 Å². The highest BCUT2D eigenvalue weighted by Gasteiger charge is 2.24. The Hall–Kier alpha value is -4.99. The van der Waals surface area contributed by atoms with Gasteiger partial charge in [-0.3, -0.25) is 9.59 Å². The lowest BCUT2D eigenvalue weighted by molar-refractivity contribution is 0.101. The first-order valence-corrected chi connectivity index (χ1v) is 12.0. The number of nitrogens with one attached hydrogen (secondary N) is 1. The molecule has 0 spiro atoms. The summed E-state index contributed by atoms with van der Waals surface area (Å²) in [6.07, 6.45) is 0. The largest absolute Gasteiger partial charge is 0.497 e. The minimum absolute atomic E-state index is 0.0285. The maximum absolute atomic E-state index is 13.4. The van der Waals surface area contributed by atoms with E-state index in [1.54, 1.807) is 71.4 Å². The van der Waals surface area contributed by atoms with E-state index in [4.69, 9.17) is 13.9 Å². The van der Waals surface area contributed by atoms with Crippen LogP contribution in [0.25, 0.3) is 11.0 Å². The summed E-state index contributed by atoms with van der Waals surface area (Å²) >= 11 is 0. The van der Waals surface area contributed by atoms with E-state index in [9.17, 15) is 9.59 Å². The van der Waals surface area contributed by atoms with Crippen LogP contribution in [0.2, 0.25) is 0 Å². The van der Waals surface area contributed by atoms with Gasteiger partial charge in [0.2, 0.25) is 5.78 Å². The third kappa shape index (κ3) is 4.96. The molecule has 0 bridgehead atoms. The summed E-state index contributed by atoms with van der Waals surface area (Å²) < 4.78 is 18.7. The Morgan fingerprint density at radius 3 is 2.50 bits per heavy atom. The Bertz CT molecular complexity index is 1620. The molecule has 10 heteroatoms. The van der Waals surface area contributed by atoms with Gasteiger partial charge in [-0.1, -0.05) is 30.3 Å². The number of aromatic nitrogens is 4. The number of nitrogens with zero attached hydrogens (tertiary/aromatic N) is 4. The van der Waals surface area contributed by atoms with Crippen LogP contribution in [0.15, 0.2) is 77.2 Å². The molecule has 1 N–H and O–H groups in total. The van der Waals surface area contributed by atoms with Crippen molar-refractivity contribution in [2.45, 2.75) is 26.5 Å². The predicted molar refractivity (Wildman–Crippen MR) is 140 cm³/mol. The van der Waals surface area contributed by atoms with Gasteiger partial charge in [0.05, 0.1) is 18.8 Å². The zero-order chi connectivity index (χ0) is 26.6. The number of amides is 1. The fourth-order valence-electron chi connectivity index (χ4n) is 3.99. The number of benzene rings is 3. The van der Waals surface area contributed by atoms with E-state index in [1.165, 1.54) is 7.11 Å². The molecule has 0 saturated heterocycles. The van der Waals surface area contributed by atoms with Gasteiger partial charge in [-0.25, -0.2) is 4.68 Å². The van der Waals surface area contributed by atoms with Gasteiger partial charge in [0.15, 0.2) is 11.6 Å². The third-order valence-corrected chi connectivity index (χ3v) is 5.89. The number of anilines is 1. The molecule has 0 aliphatic heterocycles. The number of ketones is 1. The van der Waals surface area contributed by atoms with Crippen molar-refractivity contribution in [3.05, 3.63) is 95.5 Å². The topological polar surface area (TPSA) is 121 Å². The van der Waals surface area contributed by atoms with Gasteiger partial charge in [0.25, 0.3) is 5.91 Å². The van der Waals surface area contributed by atoms with E-state index < -0.39 is 5.91 Å². The molecule has 3 aromatic carbocycles. The summed E-state index contributed by atoms with van der Waals surface area (Å²) in [5.41, 5.74) is 1.49. The number of ether oxygens (including phenoxy) is 2. The van der Waals surface area contributed by atoms with E-state index in [0.29, 0.717) is 45.1 Å². The molecular formula is C28H25N5O5. The molecule has 192 valence electrons. The van der Waals surface area contributed by atoms with Crippen molar-refractivity contribution in [3.8, 4) is 11.5 Å². The number of methoxy groups -OCH3 is 1. The van der Waals surface area contributed by atoms with Crippen molar-refractivity contribution in [2.24, 2.45) is 0 Å². The van der Waals surface area contributed by atoms with Crippen LogP contribution in [0.4, 0.5) is 5.69 Å². The summed E-state index contributed by atoms with van der Waals surface area (Å²) in [6.45, 7) is 4.08. The summed E-state index contributed by atoms with van der Waals surface area (Å²) in [7, 11) is 1.53. The molecule has 2 aromatic heterocycles. The molecular weight excluding hydrogens is 486 g/mol. The van der Waals surface area contributed by atoms with E-state index >= 15 is 0 Å². The Labute approximate surface area is 218 Å². The van der Waals surface area contributed by atoms with Gasteiger partial charge in [0.1, 0.15) is 23.7 Å². The second kappa shape index (κ2) is 10.6. The average molecular weight is 512 g/mol. The lowest BCUT2D eigenvalue weighted by Gasteiger charge is -2.10. The van der Waals surface area contributed by atoms with Gasteiger partial charge in [-0.2, -0.15) is 0 Å². The second-order valence-electron chi connectivity index (χ2n) is 8.77. The highest BCUT2D eigenvalue weighted by atomic mass is 16.5. The number of tetrazole rings is 1. The number of carbonyl (C=O) groups excluding carboxylic acids is 2. The lowest BCUT2D eigenvalue weighted by atomic mass is 10.1. The van der Waals surface area contributed by atoms with Crippen LogP contribution in [-0.2, 0) is 6.61 Å². The first kappa shape index (κ1) is 24.7. The van der Waals surface area contributed by atoms with Crippen molar-refractivity contribution >= 4 is 28.3 Å². The smallest absolute Gasteiger partial charge is 0.255 e. The molecule has 0 saturated carbocycles. The highest BCUT2D eigenvalue weighted by molar-refractivity contribution is 6.19. The molecule has 10 nitrogen and oxygen atoms in total. The molecule has 0 aliphatic rings. The predicted octanol–water partition coefficient (Wildman–Crippen LogP) is 5.07. The van der Waals surface area contributed by atoms with Gasteiger partial charge in [-0.15, -0.1) is 5.10 Å². The molecule has 5 aromatic rings. The SMILES string of the molecule is COc1cccc(C(=O)c2oc3ccccc3c2NC(=O)c2cccc(OCc3nnnn3C(C)C)c2)c1. The number of hydrogen-bond donors (Lipinski definition) is 1.